The number of allylic oxidation sites excluding steroid dienone is 1. The molecule has 1 aliphatic heterocycles. The first-order valence-corrected chi connectivity index (χ1v) is 12.2. The number of unbranched alkanes of at least 4 members (excludes halogenated alkanes) is 2. The van der Waals surface area contributed by atoms with Crippen molar-refractivity contribution in [1.29, 1.82) is 0 Å². The Morgan fingerprint density at radius 2 is 1.86 bits per heavy atom. The Labute approximate surface area is 206 Å². The molecular formula is C28H33FN2O4. The lowest BCUT2D eigenvalue weighted by molar-refractivity contribution is -0.140. The average molecular weight is 481 g/mol. The summed E-state index contributed by atoms with van der Waals surface area (Å²) < 4.78 is 18.8. The monoisotopic (exact) mass is 480 g/mol. The minimum atomic E-state index is -0.515. The number of amides is 2. The Kier molecular flexibility index (Phi) is 9.18. The van der Waals surface area contributed by atoms with Crippen LogP contribution in [0.15, 0.2) is 59.8 Å². The fourth-order valence-electron chi connectivity index (χ4n) is 4.33. The maximum absolute atomic E-state index is 13.5. The molecule has 1 atom stereocenters. The van der Waals surface area contributed by atoms with Crippen LogP contribution in [0, 0.1) is 5.82 Å². The molecule has 1 aliphatic rings. The third-order valence-electron chi connectivity index (χ3n) is 6.19. The predicted molar refractivity (Wildman–Crippen MR) is 132 cm³/mol. The Morgan fingerprint density at radius 1 is 1.11 bits per heavy atom. The van der Waals surface area contributed by atoms with Gasteiger partial charge in [0.1, 0.15) is 5.82 Å². The first-order chi connectivity index (χ1) is 16.8. The van der Waals surface area contributed by atoms with Crippen LogP contribution < -0.4 is 5.32 Å². The van der Waals surface area contributed by atoms with E-state index in [9.17, 15) is 18.8 Å². The molecule has 0 spiro atoms. The van der Waals surface area contributed by atoms with E-state index in [0.717, 1.165) is 24.8 Å². The van der Waals surface area contributed by atoms with Crippen LogP contribution in [0.5, 0.6) is 0 Å². The van der Waals surface area contributed by atoms with E-state index in [4.69, 9.17) is 4.74 Å². The van der Waals surface area contributed by atoms with Crippen molar-refractivity contribution in [2.75, 3.05) is 13.2 Å². The van der Waals surface area contributed by atoms with Gasteiger partial charge in [-0.05, 0) is 55.7 Å². The van der Waals surface area contributed by atoms with Crippen LogP contribution in [0.4, 0.5) is 4.39 Å². The summed E-state index contributed by atoms with van der Waals surface area (Å²) in [4.78, 5) is 40.2. The van der Waals surface area contributed by atoms with Crippen molar-refractivity contribution in [2.45, 2.75) is 58.9 Å². The predicted octanol–water partition coefficient (Wildman–Crippen LogP) is 5.10. The molecule has 0 aromatic heterocycles. The summed E-state index contributed by atoms with van der Waals surface area (Å²) in [7, 11) is 0. The normalized spacial score (nSPS) is 15.8. The van der Waals surface area contributed by atoms with E-state index in [2.05, 4.69) is 12.2 Å². The summed E-state index contributed by atoms with van der Waals surface area (Å²) in [5.41, 5.74) is 2.89. The highest BCUT2D eigenvalue weighted by molar-refractivity contribution is 5.96. The van der Waals surface area contributed by atoms with Gasteiger partial charge >= 0.3 is 5.97 Å². The molecule has 6 nitrogen and oxygen atoms in total. The van der Waals surface area contributed by atoms with E-state index >= 15 is 0 Å². The number of carbonyl (C=O) groups is 3. The Hall–Kier alpha value is -3.48. The topological polar surface area (TPSA) is 75.7 Å². The molecule has 0 aliphatic carbocycles. The summed E-state index contributed by atoms with van der Waals surface area (Å²) in [6.07, 6.45) is 3.14. The molecule has 2 aromatic carbocycles. The van der Waals surface area contributed by atoms with E-state index in [0.29, 0.717) is 28.9 Å². The van der Waals surface area contributed by atoms with Gasteiger partial charge in [-0.25, -0.2) is 9.18 Å². The molecule has 1 heterocycles. The Balaban J connectivity index is 1.86. The second-order valence-electron chi connectivity index (χ2n) is 8.67. The van der Waals surface area contributed by atoms with Gasteiger partial charge in [0.25, 0.3) is 5.91 Å². The highest BCUT2D eigenvalue weighted by atomic mass is 19.1. The maximum atomic E-state index is 13.5. The lowest BCUT2D eigenvalue weighted by Gasteiger charge is -2.34. The van der Waals surface area contributed by atoms with Gasteiger partial charge in [-0.1, -0.05) is 44.0 Å². The molecule has 0 saturated heterocycles. The van der Waals surface area contributed by atoms with Crippen molar-refractivity contribution in [2.24, 2.45) is 0 Å². The minimum absolute atomic E-state index is 0.0642. The van der Waals surface area contributed by atoms with Crippen molar-refractivity contribution in [3.8, 4) is 0 Å². The number of nitrogens with zero attached hydrogens (tertiary/aromatic N) is 1. The quantitative estimate of drug-likeness (QED) is 0.379. The summed E-state index contributed by atoms with van der Waals surface area (Å²) in [5.74, 6) is -1.69. The van der Waals surface area contributed by atoms with Crippen molar-refractivity contribution in [3.63, 3.8) is 0 Å². The van der Waals surface area contributed by atoms with Crippen LogP contribution in [0.25, 0.3) is 0 Å². The van der Waals surface area contributed by atoms with Crippen LogP contribution in [0.1, 0.15) is 73.9 Å². The zero-order chi connectivity index (χ0) is 25.4. The Morgan fingerprint density at radius 3 is 2.54 bits per heavy atom. The number of rotatable bonds is 10. The summed E-state index contributed by atoms with van der Waals surface area (Å²) in [6.45, 7) is 6.61. The molecule has 0 saturated carbocycles. The number of hydrogen-bond donors (Lipinski definition) is 1. The first-order valence-electron chi connectivity index (χ1n) is 12.2. The molecule has 3 rings (SSSR count). The third kappa shape index (κ3) is 6.56. The number of benzene rings is 2. The number of hydrogen-bond acceptors (Lipinski definition) is 4. The van der Waals surface area contributed by atoms with Crippen LogP contribution in [-0.2, 0) is 20.9 Å². The smallest absolute Gasteiger partial charge is 0.336 e. The standard InChI is InChI=1S/C28H33FN2O4/c1-4-6-7-15-30-27(33)22-10-8-9-20(16-22)18-31-19(3)26(28(34)35-5-2)24(17-25(31)32)21-11-13-23(29)14-12-21/h8-14,16,24H,4-7,15,17-18H2,1-3H3,(H,30,33). The molecule has 2 amide bonds. The zero-order valence-corrected chi connectivity index (χ0v) is 20.6. The largest absolute Gasteiger partial charge is 0.463 e. The van der Waals surface area contributed by atoms with Crippen LogP contribution in [0.3, 0.4) is 0 Å². The molecule has 2 aromatic rings. The van der Waals surface area contributed by atoms with Crippen molar-refractivity contribution < 1.29 is 23.5 Å². The summed E-state index contributed by atoms with van der Waals surface area (Å²) in [5, 5.41) is 2.93. The van der Waals surface area contributed by atoms with Gasteiger partial charge in [0, 0.05) is 30.1 Å². The highest BCUT2D eigenvalue weighted by Crippen LogP contribution is 2.37. The second-order valence-corrected chi connectivity index (χ2v) is 8.67. The third-order valence-corrected chi connectivity index (χ3v) is 6.19. The number of halogens is 1. The molecule has 0 radical (unpaired) electrons. The van der Waals surface area contributed by atoms with Crippen molar-refractivity contribution >= 4 is 17.8 Å². The zero-order valence-electron chi connectivity index (χ0n) is 20.6. The van der Waals surface area contributed by atoms with E-state index in [1.54, 1.807) is 49.1 Å². The number of carbonyl (C=O) groups excluding carboxylic acids is 3. The lowest BCUT2D eigenvalue weighted by atomic mass is 9.83. The molecule has 186 valence electrons. The second kappa shape index (κ2) is 12.3. The van der Waals surface area contributed by atoms with Gasteiger partial charge in [0.15, 0.2) is 0 Å². The fourth-order valence-corrected chi connectivity index (χ4v) is 4.33. The number of nitrogens with one attached hydrogen (secondary N) is 1. The van der Waals surface area contributed by atoms with Gasteiger partial charge in [0.2, 0.25) is 5.91 Å². The number of esters is 1. The van der Waals surface area contributed by atoms with Crippen LogP contribution >= 0.6 is 0 Å². The van der Waals surface area contributed by atoms with Crippen molar-refractivity contribution in [1.82, 2.24) is 10.2 Å². The van der Waals surface area contributed by atoms with Crippen LogP contribution in [-0.4, -0.2) is 35.8 Å². The number of ether oxygens (including phenoxy) is 1. The molecule has 0 bridgehead atoms. The molecule has 0 fully saturated rings. The van der Waals surface area contributed by atoms with E-state index in [1.165, 1.54) is 12.1 Å². The molecule has 35 heavy (non-hydrogen) atoms. The van der Waals surface area contributed by atoms with Gasteiger partial charge < -0.3 is 15.0 Å². The lowest BCUT2D eigenvalue weighted by Crippen LogP contribution is -2.38. The maximum Gasteiger partial charge on any atom is 0.336 e. The van der Waals surface area contributed by atoms with Crippen LogP contribution in [0.2, 0.25) is 0 Å². The molecule has 1 unspecified atom stereocenters. The van der Waals surface area contributed by atoms with Gasteiger partial charge in [0.05, 0.1) is 18.7 Å². The average Bonchev–Trinajstić information content (AvgIpc) is 2.84. The Bertz CT molecular complexity index is 1090. The fraction of sp³-hybridized carbons (Fsp3) is 0.393. The van der Waals surface area contributed by atoms with Crippen molar-refractivity contribution in [3.05, 3.63) is 82.3 Å². The minimum Gasteiger partial charge on any atom is -0.463 e. The summed E-state index contributed by atoms with van der Waals surface area (Å²) in [6, 6.07) is 13.0. The molecular weight excluding hydrogens is 447 g/mol. The highest BCUT2D eigenvalue weighted by Gasteiger charge is 2.36. The van der Waals surface area contributed by atoms with Gasteiger partial charge in [-0.2, -0.15) is 0 Å². The molecule has 7 heteroatoms. The van der Waals surface area contributed by atoms with Gasteiger partial charge in [-0.15, -0.1) is 0 Å². The van der Waals surface area contributed by atoms with E-state index < -0.39 is 11.9 Å². The summed E-state index contributed by atoms with van der Waals surface area (Å²) >= 11 is 0. The SMILES string of the molecule is CCCCCNC(=O)c1cccc(CN2C(=O)CC(c3ccc(F)cc3)C(C(=O)OCC)=C2C)c1. The molecule has 1 N–H and O–H groups in total. The van der Waals surface area contributed by atoms with E-state index in [-0.39, 0.29) is 37.2 Å². The van der Waals surface area contributed by atoms with Gasteiger partial charge in [-0.3, -0.25) is 9.59 Å². The van der Waals surface area contributed by atoms with E-state index in [1.807, 2.05) is 6.07 Å². The first kappa shape index (κ1) is 26.1.